The van der Waals surface area contributed by atoms with E-state index in [0.717, 1.165) is 0 Å². The zero-order valence-corrected chi connectivity index (χ0v) is 16.2. The average molecular weight is 374 g/mol. The Labute approximate surface area is 148 Å². The van der Waals surface area contributed by atoms with Gasteiger partial charge in [-0.15, -0.1) is 12.4 Å². The number of carbonyl (C=O) groups is 1. The van der Waals surface area contributed by atoms with Crippen LogP contribution in [0.3, 0.4) is 0 Å². The third-order valence-electron chi connectivity index (χ3n) is 2.84. The van der Waals surface area contributed by atoms with Crippen LogP contribution >= 0.6 is 12.4 Å². The number of amides is 1. The summed E-state index contributed by atoms with van der Waals surface area (Å²) in [5.41, 5.74) is 7.31. The second kappa shape index (κ2) is 9.28. The van der Waals surface area contributed by atoms with Crippen LogP contribution in [0.5, 0.6) is 11.5 Å². The van der Waals surface area contributed by atoms with Gasteiger partial charge in [-0.2, -0.15) is 0 Å². The summed E-state index contributed by atoms with van der Waals surface area (Å²) >= 11 is 0. The van der Waals surface area contributed by atoms with Gasteiger partial charge in [-0.05, 0) is 12.1 Å². The van der Waals surface area contributed by atoms with Crippen molar-refractivity contribution in [2.24, 2.45) is 0 Å². The molecular weight excluding hydrogens is 357 g/mol. The number of hydrogen-bond acceptors (Lipinski definition) is 4. The van der Waals surface area contributed by atoms with E-state index in [9.17, 15) is 4.79 Å². The molecule has 2 aromatic rings. The van der Waals surface area contributed by atoms with E-state index in [1.165, 1.54) is 14.2 Å². The molecule has 0 radical (unpaired) electrons. The van der Waals surface area contributed by atoms with Crippen molar-refractivity contribution in [3.8, 4) is 11.5 Å². The van der Waals surface area contributed by atoms with Gasteiger partial charge < -0.3 is 20.5 Å². The number of carbonyl (C=O) groups excluding carboxylic acids is 1. The van der Waals surface area contributed by atoms with E-state index in [1.54, 1.807) is 36.4 Å². The van der Waals surface area contributed by atoms with Crippen LogP contribution in [0, 0.1) is 0 Å². The van der Waals surface area contributed by atoms with Crippen LogP contribution in [0.25, 0.3) is 0 Å². The number of nitrogens with two attached hydrogens (primary N) is 1. The van der Waals surface area contributed by atoms with Crippen LogP contribution in [0.4, 0.5) is 11.4 Å². The van der Waals surface area contributed by atoms with Crippen LogP contribution < -0.4 is 20.5 Å². The first kappa shape index (κ1) is 20.2. The van der Waals surface area contributed by atoms with E-state index in [1.807, 2.05) is 6.07 Å². The molecule has 0 fully saturated rings. The van der Waals surface area contributed by atoms with Crippen LogP contribution in [0.1, 0.15) is 10.4 Å². The maximum absolute atomic E-state index is 12.1. The number of halogens is 1. The van der Waals surface area contributed by atoms with E-state index < -0.39 is 0 Å². The molecule has 7 heteroatoms. The van der Waals surface area contributed by atoms with Gasteiger partial charge in [-0.1, -0.05) is 18.2 Å². The molecule has 3 N–H and O–H groups in total. The minimum absolute atomic E-state index is 0. The summed E-state index contributed by atoms with van der Waals surface area (Å²) in [5.74, 6) is 0.734. The predicted octanol–water partition coefficient (Wildman–Crippen LogP) is 2.96. The van der Waals surface area contributed by atoms with Crippen LogP contribution in [-0.4, -0.2) is 20.1 Å². The minimum atomic E-state index is -0.226. The third kappa shape index (κ3) is 4.62. The number of rotatable bonds is 4. The largest absolute Gasteiger partial charge is 0.495 e. The zero-order chi connectivity index (χ0) is 14.5. The molecule has 5 nitrogen and oxygen atoms in total. The van der Waals surface area contributed by atoms with Crippen LogP contribution in [0.15, 0.2) is 42.5 Å². The Hall–Kier alpha value is -1.78. The summed E-state index contributed by atoms with van der Waals surface area (Å²) in [7, 11) is 3.03. The number of nitrogen functional groups attached to an aromatic ring is 1. The number of anilines is 2. The third-order valence-corrected chi connectivity index (χ3v) is 2.84. The van der Waals surface area contributed by atoms with Gasteiger partial charge in [-0.25, -0.2) is 0 Å². The fourth-order valence-corrected chi connectivity index (χ4v) is 1.80. The molecule has 0 aliphatic rings. The minimum Gasteiger partial charge on any atom is -0.495 e. The van der Waals surface area contributed by atoms with Crippen molar-refractivity contribution in [1.82, 2.24) is 0 Å². The van der Waals surface area contributed by atoms with Gasteiger partial charge in [0.25, 0.3) is 5.91 Å². The Bertz CT molecular complexity index is 624. The first-order valence-electron chi connectivity index (χ1n) is 6.03. The van der Waals surface area contributed by atoms with Crippen molar-refractivity contribution in [2.45, 2.75) is 0 Å². The Morgan fingerprint density at radius 1 is 1.05 bits per heavy atom. The molecule has 0 aliphatic heterocycles. The molecule has 22 heavy (non-hydrogen) atoms. The van der Waals surface area contributed by atoms with Gasteiger partial charge in [0.05, 0.1) is 25.6 Å². The maximum atomic E-state index is 12.1. The zero-order valence-electron chi connectivity index (χ0n) is 12.5. The molecule has 0 spiro atoms. The van der Waals surface area contributed by atoms with Crippen molar-refractivity contribution < 1.29 is 33.7 Å². The smallest absolute Gasteiger partial charge is 0.255 e. The molecule has 1 amide bonds. The van der Waals surface area contributed by atoms with E-state index in [-0.39, 0.29) is 37.8 Å². The van der Waals surface area contributed by atoms with E-state index >= 15 is 0 Å². The topological polar surface area (TPSA) is 73.6 Å². The molecule has 0 aliphatic carbocycles. The molecule has 0 atom stereocenters. The second-order valence-electron chi connectivity index (χ2n) is 4.11. The molecule has 114 valence electrons. The summed E-state index contributed by atoms with van der Waals surface area (Å²) in [6.45, 7) is 0. The molecule has 2 aromatic carbocycles. The van der Waals surface area contributed by atoms with E-state index in [0.29, 0.717) is 28.4 Å². The monoisotopic (exact) mass is 372 g/mol. The summed E-state index contributed by atoms with van der Waals surface area (Å²) in [4.78, 5) is 12.1. The van der Waals surface area contributed by atoms with Crippen LogP contribution in [-0.2, 0) is 19.5 Å². The predicted molar refractivity (Wildman–Crippen MR) is 85.6 cm³/mol. The normalized spacial score (nSPS) is 9.00. The van der Waals surface area contributed by atoms with Gasteiger partial charge in [0.1, 0.15) is 11.5 Å². The molecule has 2 rings (SSSR count). The Morgan fingerprint density at radius 3 is 2.18 bits per heavy atom. The molecule has 0 aromatic heterocycles. The van der Waals surface area contributed by atoms with Gasteiger partial charge in [0.2, 0.25) is 0 Å². The van der Waals surface area contributed by atoms with Gasteiger partial charge in [0, 0.05) is 37.2 Å². The second-order valence-corrected chi connectivity index (χ2v) is 4.11. The van der Waals surface area contributed by atoms with Crippen molar-refractivity contribution in [3.63, 3.8) is 0 Å². The Morgan fingerprint density at radius 2 is 1.64 bits per heavy atom. The summed E-state index contributed by atoms with van der Waals surface area (Å²) in [6.07, 6.45) is 0. The fourth-order valence-electron chi connectivity index (χ4n) is 1.80. The van der Waals surface area contributed by atoms with E-state index in [2.05, 4.69) is 5.32 Å². The van der Waals surface area contributed by atoms with Gasteiger partial charge >= 0.3 is 0 Å². The Balaban J connectivity index is 0.00000220. The maximum Gasteiger partial charge on any atom is 0.255 e. The van der Waals surface area contributed by atoms with Crippen LogP contribution in [0.2, 0.25) is 0 Å². The molecule has 0 saturated carbocycles. The standard InChI is InChI=1S/C15H16N2O3.ClH.Zn/c1-19-13-9-12(14(20-2)8-11(13)16)17-15(18)10-6-4-3-5-7-10;;/h3-9H,16H2,1-2H3,(H,17,18);1H;. The quantitative estimate of drug-likeness (QED) is 0.638. The number of methoxy groups -OCH3 is 2. The van der Waals surface area contributed by atoms with Gasteiger partial charge in [0.15, 0.2) is 0 Å². The van der Waals surface area contributed by atoms with Crippen molar-refractivity contribution in [2.75, 3.05) is 25.3 Å². The SMILES string of the molecule is COc1cc(NC(=O)c2ccccc2)c(OC)cc1N.Cl.[Zn]. The summed E-state index contributed by atoms with van der Waals surface area (Å²) in [6, 6.07) is 12.2. The van der Waals surface area contributed by atoms with Gasteiger partial charge in [-0.3, -0.25) is 4.79 Å². The number of benzene rings is 2. The Kier molecular flexibility index (Phi) is 8.53. The molecular formula is C15H17ClN2O3Zn. The summed E-state index contributed by atoms with van der Waals surface area (Å²) in [5, 5.41) is 2.78. The number of hydrogen-bond donors (Lipinski definition) is 2. The van der Waals surface area contributed by atoms with Crippen molar-refractivity contribution in [3.05, 3.63) is 48.0 Å². The first-order chi connectivity index (χ1) is 9.65. The molecule has 0 heterocycles. The molecule has 0 unspecified atom stereocenters. The first-order valence-corrected chi connectivity index (χ1v) is 6.03. The number of nitrogens with one attached hydrogen (secondary N) is 1. The molecule has 0 saturated heterocycles. The molecule has 0 bridgehead atoms. The number of ether oxygens (including phenoxy) is 2. The fraction of sp³-hybridized carbons (Fsp3) is 0.133. The summed E-state index contributed by atoms with van der Waals surface area (Å²) < 4.78 is 10.4. The van der Waals surface area contributed by atoms with E-state index in [4.69, 9.17) is 15.2 Å². The average Bonchev–Trinajstić information content (AvgIpc) is 2.49. The van der Waals surface area contributed by atoms with Crippen molar-refractivity contribution in [1.29, 1.82) is 0 Å². The van der Waals surface area contributed by atoms with Crippen molar-refractivity contribution >= 4 is 29.7 Å².